The summed E-state index contributed by atoms with van der Waals surface area (Å²) in [6, 6.07) is 11.8. The van der Waals surface area contributed by atoms with Gasteiger partial charge in [-0.15, -0.1) is 0 Å². The van der Waals surface area contributed by atoms with Gasteiger partial charge in [0, 0.05) is 5.02 Å². The van der Waals surface area contributed by atoms with E-state index in [-0.39, 0.29) is 11.9 Å². The Kier molecular flexibility index (Phi) is 7.10. The topological polar surface area (TPSA) is 38.3 Å². The summed E-state index contributed by atoms with van der Waals surface area (Å²) in [6.07, 6.45) is 0.888. The Labute approximate surface area is 161 Å². The Morgan fingerprint density at radius 3 is 2.35 bits per heavy atom. The maximum absolute atomic E-state index is 12.8. The van der Waals surface area contributed by atoms with E-state index in [1.807, 2.05) is 19.9 Å². The highest BCUT2D eigenvalue weighted by Crippen LogP contribution is 2.24. The van der Waals surface area contributed by atoms with Crippen LogP contribution < -0.4 is 10.1 Å². The van der Waals surface area contributed by atoms with Gasteiger partial charge in [-0.05, 0) is 68.5 Å². The van der Waals surface area contributed by atoms with Crippen molar-refractivity contribution >= 4 is 17.5 Å². The average Bonchev–Trinajstić information content (AvgIpc) is 2.60. The van der Waals surface area contributed by atoms with Crippen molar-refractivity contribution in [2.75, 3.05) is 0 Å². The molecule has 1 amide bonds. The predicted octanol–water partition coefficient (Wildman–Crippen LogP) is 5.69. The number of halogens is 1. The number of nitrogens with one attached hydrogen (secondary N) is 1. The van der Waals surface area contributed by atoms with E-state index < -0.39 is 6.10 Å². The lowest BCUT2D eigenvalue weighted by Gasteiger charge is -2.24. The molecule has 0 aliphatic heterocycles. The minimum absolute atomic E-state index is 0.0206. The number of amides is 1. The third-order valence-corrected chi connectivity index (χ3v) is 5.02. The molecule has 3 nitrogen and oxygen atoms in total. The van der Waals surface area contributed by atoms with Crippen LogP contribution in [-0.2, 0) is 4.79 Å². The Morgan fingerprint density at radius 1 is 1.04 bits per heavy atom. The molecule has 0 saturated carbocycles. The van der Waals surface area contributed by atoms with Crippen LogP contribution in [0.25, 0.3) is 0 Å². The molecule has 0 saturated heterocycles. The van der Waals surface area contributed by atoms with Crippen LogP contribution in [0.5, 0.6) is 5.75 Å². The number of hydrogen-bond acceptors (Lipinski definition) is 2. The largest absolute Gasteiger partial charge is 0.481 e. The van der Waals surface area contributed by atoms with E-state index in [1.54, 1.807) is 12.1 Å². The monoisotopic (exact) mass is 373 g/mol. The van der Waals surface area contributed by atoms with Gasteiger partial charge in [0.2, 0.25) is 0 Å². The Hall–Kier alpha value is -2.00. The van der Waals surface area contributed by atoms with Crippen LogP contribution in [0, 0.1) is 20.8 Å². The van der Waals surface area contributed by atoms with Crippen LogP contribution in [0.15, 0.2) is 36.4 Å². The molecule has 1 N–H and O–H groups in total. The van der Waals surface area contributed by atoms with E-state index in [4.69, 9.17) is 16.3 Å². The highest BCUT2D eigenvalue weighted by molar-refractivity contribution is 6.31. The highest BCUT2D eigenvalue weighted by atomic mass is 35.5. The summed E-state index contributed by atoms with van der Waals surface area (Å²) in [4.78, 5) is 12.8. The lowest BCUT2D eigenvalue weighted by Crippen LogP contribution is -2.40. The first-order chi connectivity index (χ1) is 12.3. The standard InChI is InChI=1S/C22H28ClNO2/c1-6-20(18-10-8-14(3)12-15(18)4)24-22(25)21(7-2)26-17-9-11-19(23)16(5)13-17/h8-13,20-21H,6-7H2,1-5H3,(H,24,25)/t20-,21-/m1/s1. The number of carbonyl (C=O) groups excluding carboxylic acids is 1. The van der Waals surface area contributed by atoms with Gasteiger partial charge in [0.15, 0.2) is 6.10 Å². The molecule has 2 atom stereocenters. The molecular weight excluding hydrogens is 346 g/mol. The van der Waals surface area contributed by atoms with Crippen molar-refractivity contribution in [2.45, 2.75) is 59.6 Å². The van der Waals surface area contributed by atoms with Crippen molar-refractivity contribution in [3.05, 3.63) is 63.7 Å². The second-order valence-corrected chi connectivity index (χ2v) is 7.16. The SMILES string of the molecule is CC[C@@H](Oc1ccc(Cl)c(C)c1)C(=O)N[C@H](CC)c1ccc(C)cc1C. The van der Waals surface area contributed by atoms with Crippen molar-refractivity contribution in [2.24, 2.45) is 0 Å². The summed E-state index contributed by atoms with van der Waals surface area (Å²) < 4.78 is 5.92. The second kappa shape index (κ2) is 9.09. The lowest BCUT2D eigenvalue weighted by atomic mass is 9.97. The molecule has 4 heteroatoms. The predicted molar refractivity (Wildman–Crippen MR) is 108 cm³/mol. The second-order valence-electron chi connectivity index (χ2n) is 6.76. The molecule has 0 aliphatic carbocycles. The fourth-order valence-electron chi connectivity index (χ4n) is 3.06. The zero-order chi connectivity index (χ0) is 19.3. The molecule has 2 aromatic carbocycles. The van der Waals surface area contributed by atoms with Crippen molar-refractivity contribution in [3.8, 4) is 5.75 Å². The first-order valence-corrected chi connectivity index (χ1v) is 9.53. The van der Waals surface area contributed by atoms with Gasteiger partial charge in [-0.3, -0.25) is 4.79 Å². The van der Waals surface area contributed by atoms with E-state index in [0.717, 1.165) is 17.5 Å². The molecule has 2 rings (SSSR count). The highest BCUT2D eigenvalue weighted by Gasteiger charge is 2.22. The summed E-state index contributed by atoms with van der Waals surface area (Å²) in [5, 5.41) is 3.84. The van der Waals surface area contributed by atoms with E-state index in [9.17, 15) is 4.79 Å². The van der Waals surface area contributed by atoms with Crippen molar-refractivity contribution in [1.82, 2.24) is 5.32 Å². The van der Waals surface area contributed by atoms with Crippen LogP contribution in [0.3, 0.4) is 0 Å². The van der Waals surface area contributed by atoms with Crippen LogP contribution in [0.1, 0.15) is 55.0 Å². The number of ether oxygens (including phenoxy) is 1. The number of hydrogen-bond donors (Lipinski definition) is 1. The maximum atomic E-state index is 12.8. The Morgan fingerprint density at radius 2 is 1.77 bits per heavy atom. The van der Waals surface area contributed by atoms with Gasteiger partial charge in [0.05, 0.1) is 6.04 Å². The number of carbonyl (C=O) groups is 1. The number of rotatable bonds is 7. The molecule has 0 radical (unpaired) electrons. The molecule has 26 heavy (non-hydrogen) atoms. The quantitative estimate of drug-likeness (QED) is 0.676. The van der Waals surface area contributed by atoms with Crippen molar-refractivity contribution in [1.29, 1.82) is 0 Å². The van der Waals surface area contributed by atoms with Gasteiger partial charge in [0.1, 0.15) is 5.75 Å². The molecule has 0 aromatic heterocycles. The normalized spacial score (nSPS) is 13.2. The van der Waals surface area contributed by atoms with E-state index in [1.165, 1.54) is 11.1 Å². The van der Waals surface area contributed by atoms with Crippen LogP contribution in [0.2, 0.25) is 5.02 Å². The minimum Gasteiger partial charge on any atom is -0.481 e. The molecule has 2 aromatic rings. The molecular formula is C22H28ClNO2. The van der Waals surface area contributed by atoms with Crippen LogP contribution >= 0.6 is 11.6 Å². The van der Waals surface area contributed by atoms with Crippen LogP contribution in [0.4, 0.5) is 0 Å². The summed E-state index contributed by atoms with van der Waals surface area (Å²) in [7, 11) is 0. The van der Waals surface area contributed by atoms with Crippen molar-refractivity contribution < 1.29 is 9.53 Å². The summed E-state index contributed by atoms with van der Waals surface area (Å²) >= 11 is 6.06. The van der Waals surface area contributed by atoms with Gasteiger partial charge in [-0.1, -0.05) is 49.2 Å². The van der Waals surface area contributed by atoms with Gasteiger partial charge in [-0.2, -0.15) is 0 Å². The molecule has 0 fully saturated rings. The zero-order valence-electron chi connectivity index (χ0n) is 16.2. The third kappa shape index (κ3) is 5.01. The first-order valence-electron chi connectivity index (χ1n) is 9.16. The number of benzene rings is 2. The lowest BCUT2D eigenvalue weighted by molar-refractivity contribution is -0.128. The summed E-state index contributed by atoms with van der Waals surface area (Å²) in [6.45, 7) is 10.1. The maximum Gasteiger partial charge on any atom is 0.261 e. The zero-order valence-corrected chi connectivity index (χ0v) is 17.0. The molecule has 0 spiro atoms. The summed E-state index contributed by atoms with van der Waals surface area (Å²) in [5.74, 6) is 0.570. The first kappa shape index (κ1) is 20.3. The Bertz CT molecular complexity index is 773. The Balaban J connectivity index is 2.12. The molecule has 0 heterocycles. The third-order valence-electron chi connectivity index (χ3n) is 4.60. The van der Waals surface area contributed by atoms with Crippen molar-refractivity contribution in [3.63, 3.8) is 0 Å². The molecule has 140 valence electrons. The van der Waals surface area contributed by atoms with Crippen LogP contribution in [-0.4, -0.2) is 12.0 Å². The van der Waals surface area contributed by atoms with Gasteiger partial charge >= 0.3 is 0 Å². The molecule has 0 bridgehead atoms. The smallest absolute Gasteiger partial charge is 0.261 e. The fourth-order valence-corrected chi connectivity index (χ4v) is 3.18. The average molecular weight is 374 g/mol. The van der Waals surface area contributed by atoms with Gasteiger partial charge < -0.3 is 10.1 Å². The van der Waals surface area contributed by atoms with E-state index >= 15 is 0 Å². The molecule has 0 aliphatic rings. The van der Waals surface area contributed by atoms with Gasteiger partial charge in [-0.25, -0.2) is 0 Å². The minimum atomic E-state index is -0.532. The molecule has 0 unspecified atom stereocenters. The summed E-state index contributed by atoms with van der Waals surface area (Å²) in [5.41, 5.74) is 4.50. The number of aryl methyl sites for hydroxylation is 3. The fraction of sp³-hybridized carbons (Fsp3) is 0.409. The van der Waals surface area contributed by atoms with E-state index in [0.29, 0.717) is 17.2 Å². The van der Waals surface area contributed by atoms with E-state index in [2.05, 4.69) is 44.3 Å². The van der Waals surface area contributed by atoms with Gasteiger partial charge in [0.25, 0.3) is 5.91 Å².